The zero-order valence-corrected chi connectivity index (χ0v) is 8.41. The molecule has 3 atom stereocenters. The molecule has 66 valence electrons. The summed E-state index contributed by atoms with van der Waals surface area (Å²) in [6.45, 7) is 2.37. The van der Waals surface area contributed by atoms with Crippen LogP contribution in [0.15, 0.2) is 0 Å². The van der Waals surface area contributed by atoms with E-state index in [2.05, 4.69) is 18.5 Å². The maximum absolute atomic E-state index is 3.64. The van der Waals surface area contributed by atoms with E-state index in [1.54, 1.807) is 0 Å². The molecular weight excluding hydrogens is 154 g/mol. The van der Waals surface area contributed by atoms with Gasteiger partial charge in [0, 0.05) is 17.2 Å². The van der Waals surface area contributed by atoms with Crippen molar-refractivity contribution < 1.29 is 0 Å². The minimum Gasteiger partial charge on any atom is -0.306 e. The molecule has 2 rings (SSSR count). The van der Waals surface area contributed by atoms with Gasteiger partial charge in [-0.2, -0.15) is 0 Å². The first kappa shape index (κ1) is 7.93. The van der Waals surface area contributed by atoms with Gasteiger partial charge in [0.2, 0.25) is 0 Å². The summed E-state index contributed by atoms with van der Waals surface area (Å²) in [6, 6.07) is 0.815. The van der Waals surface area contributed by atoms with Crippen molar-refractivity contribution in [3.8, 4) is 0 Å². The van der Waals surface area contributed by atoms with Gasteiger partial charge in [-0.1, -0.05) is 6.42 Å². The second-order valence-electron chi connectivity index (χ2n) is 4.23. The molecule has 0 radical (unpaired) electrons. The van der Waals surface area contributed by atoms with Gasteiger partial charge >= 0.3 is 0 Å². The molecule has 0 spiro atoms. The quantitative estimate of drug-likeness (QED) is 0.590. The molecule has 1 N–H and O–H groups in total. The Bertz CT molecular complexity index is 156. The molecule has 2 fully saturated rings. The van der Waals surface area contributed by atoms with E-state index in [0.717, 1.165) is 11.3 Å². The van der Waals surface area contributed by atoms with Crippen LogP contribution in [0.1, 0.15) is 26.2 Å². The predicted molar refractivity (Wildman–Crippen MR) is 53.5 cm³/mol. The molecule has 3 unspecified atom stereocenters. The Labute approximate surface area is 71.3 Å². The van der Waals surface area contributed by atoms with Gasteiger partial charge in [-0.3, -0.25) is 0 Å². The SMILES string of the molecule is CC1NCS2(C)CCCCC12. The molecule has 1 nitrogen and oxygen atoms in total. The Kier molecular flexibility index (Phi) is 1.92. The van der Waals surface area contributed by atoms with Gasteiger partial charge in [0.1, 0.15) is 0 Å². The van der Waals surface area contributed by atoms with Crippen LogP contribution in [0.3, 0.4) is 0 Å². The molecule has 2 heteroatoms. The first-order chi connectivity index (χ1) is 5.22. The number of fused-ring (bicyclic) bond motifs is 1. The van der Waals surface area contributed by atoms with E-state index >= 15 is 0 Å². The van der Waals surface area contributed by atoms with Gasteiger partial charge in [0.05, 0.1) is 0 Å². The number of hydrogen-bond donors (Lipinski definition) is 1. The lowest BCUT2D eigenvalue weighted by molar-refractivity contribution is 0.551. The highest BCUT2D eigenvalue weighted by molar-refractivity contribution is 8.33. The Morgan fingerprint density at radius 3 is 2.91 bits per heavy atom. The molecule has 0 aliphatic carbocycles. The van der Waals surface area contributed by atoms with Gasteiger partial charge in [0.25, 0.3) is 0 Å². The molecule has 0 aromatic carbocycles. The fourth-order valence-corrected chi connectivity index (χ4v) is 6.57. The van der Waals surface area contributed by atoms with Crippen LogP contribution < -0.4 is 5.32 Å². The smallest absolute Gasteiger partial charge is 0.0265 e. The van der Waals surface area contributed by atoms with E-state index in [4.69, 9.17) is 0 Å². The van der Waals surface area contributed by atoms with Crippen LogP contribution in [-0.4, -0.2) is 29.2 Å². The van der Waals surface area contributed by atoms with Crippen LogP contribution in [0.2, 0.25) is 0 Å². The Hall–Kier alpha value is 0.310. The standard InChI is InChI=1S/C9H19NS/c1-8-9-5-3-4-6-11(9,2)7-10-8/h8-10H,3-7H2,1-2H3. The van der Waals surface area contributed by atoms with Crippen LogP contribution in [0.5, 0.6) is 0 Å². The van der Waals surface area contributed by atoms with Gasteiger partial charge in [-0.25, -0.2) is 10.0 Å². The van der Waals surface area contributed by atoms with E-state index < -0.39 is 0 Å². The minimum absolute atomic E-state index is 0.206. The van der Waals surface area contributed by atoms with Crippen LogP contribution >= 0.6 is 10.0 Å². The van der Waals surface area contributed by atoms with Crippen molar-refractivity contribution in [1.29, 1.82) is 0 Å². The molecule has 11 heavy (non-hydrogen) atoms. The minimum atomic E-state index is -0.206. The van der Waals surface area contributed by atoms with Crippen LogP contribution in [0, 0.1) is 0 Å². The van der Waals surface area contributed by atoms with E-state index in [1.807, 2.05) is 0 Å². The summed E-state index contributed by atoms with van der Waals surface area (Å²) in [7, 11) is -0.206. The lowest BCUT2D eigenvalue weighted by atomic mass is 10.1. The Morgan fingerprint density at radius 1 is 1.36 bits per heavy atom. The molecule has 0 aromatic rings. The maximum Gasteiger partial charge on any atom is 0.0265 e. The summed E-state index contributed by atoms with van der Waals surface area (Å²) in [4.78, 5) is 0. The van der Waals surface area contributed by atoms with E-state index in [0.29, 0.717) is 0 Å². The highest BCUT2D eigenvalue weighted by Gasteiger charge is 2.39. The molecule has 2 heterocycles. The summed E-state index contributed by atoms with van der Waals surface area (Å²) in [5.74, 6) is 2.88. The highest BCUT2D eigenvalue weighted by atomic mass is 32.3. The van der Waals surface area contributed by atoms with Crippen LogP contribution in [0.25, 0.3) is 0 Å². The fourth-order valence-electron chi connectivity index (χ4n) is 2.59. The van der Waals surface area contributed by atoms with Crippen LogP contribution in [-0.2, 0) is 0 Å². The summed E-state index contributed by atoms with van der Waals surface area (Å²) in [5.41, 5.74) is 0. The lowest BCUT2D eigenvalue weighted by Crippen LogP contribution is -2.30. The lowest BCUT2D eigenvalue weighted by Gasteiger charge is -2.41. The molecule has 2 saturated heterocycles. The van der Waals surface area contributed by atoms with Gasteiger partial charge in [-0.05, 0) is 31.8 Å². The topological polar surface area (TPSA) is 12.0 Å². The van der Waals surface area contributed by atoms with Crippen molar-refractivity contribution in [2.24, 2.45) is 0 Å². The van der Waals surface area contributed by atoms with Crippen molar-refractivity contribution in [3.05, 3.63) is 0 Å². The van der Waals surface area contributed by atoms with Crippen molar-refractivity contribution in [1.82, 2.24) is 5.32 Å². The Balaban J connectivity index is 2.14. The predicted octanol–water partition coefficient (Wildman–Crippen LogP) is 1.92. The second-order valence-corrected chi connectivity index (χ2v) is 8.23. The molecule has 2 aliphatic rings. The largest absolute Gasteiger partial charge is 0.306 e. The molecule has 0 bridgehead atoms. The van der Waals surface area contributed by atoms with Crippen molar-refractivity contribution >= 4 is 10.0 Å². The molecule has 0 amide bonds. The third-order valence-corrected chi connectivity index (χ3v) is 7.53. The van der Waals surface area contributed by atoms with Crippen molar-refractivity contribution in [3.63, 3.8) is 0 Å². The van der Waals surface area contributed by atoms with Crippen LogP contribution in [0.4, 0.5) is 0 Å². The first-order valence-corrected chi connectivity index (χ1v) is 7.13. The monoisotopic (exact) mass is 173 g/mol. The third-order valence-electron chi connectivity index (χ3n) is 3.37. The zero-order chi connectivity index (χ0) is 7.90. The highest BCUT2D eigenvalue weighted by Crippen LogP contribution is 2.57. The third kappa shape index (κ3) is 1.20. The van der Waals surface area contributed by atoms with Gasteiger partial charge in [0.15, 0.2) is 0 Å². The van der Waals surface area contributed by atoms with E-state index in [9.17, 15) is 0 Å². The fraction of sp³-hybridized carbons (Fsp3) is 1.00. The summed E-state index contributed by atoms with van der Waals surface area (Å²) < 4.78 is 0. The Morgan fingerprint density at radius 2 is 2.18 bits per heavy atom. The molecular formula is C9H19NS. The summed E-state index contributed by atoms with van der Waals surface area (Å²) in [6.07, 6.45) is 7.03. The maximum atomic E-state index is 3.64. The number of nitrogens with one attached hydrogen (secondary N) is 1. The normalized spacial score (nSPS) is 56.5. The molecule has 0 saturated carbocycles. The van der Waals surface area contributed by atoms with Gasteiger partial charge in [-0.15, -0.1) is 0 Å². The van der Waals surface area contributed by atoms with Crippen molar-refractivity contribution in [2.75, 3.05) is 17.9 Å². The van der Waals surface area contributed by atoms with E-state index in [-0.39, 0.29) is 10.0 Å². The molecule has 2 aliphatic heterocycles. The first-order valence-electron chi connectivity index (χ1n) is 4.68. The number of rotatable bonds is 0. The second kappa shape index (κ2) is 2.67. The van der Waals surface area contributed by atoms with E-state index in [1.165, 1.54) is 30.9 Å². The average molecular weight is 173 g/mol. The summed E-state index contributed by atoms with van der Waals surface area (Å²) >= 11 is 0. The zero-order valence-electron chi connectivity index (χ0n) is 7.60. The van der Waals surface area contributed by atoms with Crippen molar-refractivity contribution in [2.45, 2.75) is 37.5 Å². The number of hydrogen-bond acceptors (Lipinski definition) is 1. The average Bonchev–Trinajstić information content (AvgIpc) is 2.29. The molecule has 0 aromatic heterocycles. The van der Waals surface area contributed by atoms with Gasteiger partial charge < -0.3 is 5.32 Å². The summed E-state index contributed by atoms with van der Waals surface area (Å²) in [5, 5.41) is 4.69.